The van der Waals surface area contributed by atoms with Gasteiger partial charge in [-0.3, -0.25) is 14.5 Å². The Morgan fingerprint density at radius 3 is 2.64 bits per heavy atom. The summed E-state index contributed by atoms with van der Waals surface area (Å²) >= 11 is 0. The van der Waals surface area contributed by atoms with E-state index < -0.39 is 0 Å². The molecule has 0 saturated carbocycles. The molecule has 0 bridgehead atoms. The molecule has 5 heteroatoms. The predicted molar refractivity (Wildman–Crippen MR) is 97.9 cm³/mol. The highest BCUT2D eigenvalue weighted by Gasteiger charge is 2.27. The minimum Gasteiger partial charge on any atom is -0.342 e. The molecular formula is C20H29N3O2. The van der Waals surface area contributed by atoms with Crippen molar-refractivity contribution in [3.05, 3.63) is 35.9 Å². The van der Waals surface area contributed by atoms with Crippen LogP contribution in [-0.2, 0) is 16.1 Å². The number of hydrogen-bond acceptors (Lipinski definition) is 3. The van der Waals surface area contributed by atoms with Crippen molar-refractivity contribution in [3.8, 4) is 0 Å². The van der Waals surface area contributed by atoms with E-state index in [0.717, 1.165) is 45.6 Å². The molecule has 1 atom stereocenters. The minimum atomic E-state index is 0.189. The van der Waals surface area contributed by atoms with Crippen LogP contribution in [0, 0.1) is 0 Å². The van der Waals surface area contributed by atoms with Crippen LogP contribution < -0.4 is 0 Å². The van der Waals surface area contributed by atoms with Gasteiger partial charge in [-0.25, -0.2) is 0 Å². The van der Waals surface area contributed by atoms with Gasteiger partial charge in [0.2, 0.25) is 11.8 Å². The number of nitrogens with zero attached hydrogens (tertiary/aromatic N) is 3. The summed E-state index contributed by atoms with van der Waals surface area (Å²) in [6, 6.07) is 10.7. The third-order valence-corrected chi connectivity index (χ3v) is 5.26. The monoisotopic (exact) mass is 343 g/mol. The molecule has 2 aliphatic rings. The highest BCUT2D eigenvalue weighted by molar-refractivity contribution is 5.80. The molecule has 1 aromatic rings. The SMILES string of the molecule is CC1CN(Cc2ccccc2)CCCN1C(=O)CCN1CCCC1=O. The molecule has 1 unspecified atom stereocenters. The summed E-state index contributed by atoms with van der Waals surface area (Å²) in [4.78, 5) is 30.6. The number of amides is 2. The maximum atomic E-state index is 12.7. The molecule has 0 N–H and O–H groups in total. The van der Waals surface area contributed by atoms with Crippen LogP contribution in [0.5, 0.6) is 0 Å². The number of benzene rings is 1. The van der Waals surface area contributed by atoms with Crippen molar-refractivity contribution in [3.63, 3.8) is 0 Å². The van der Waals surface area contributed by atoms with Crippen molar-refractivity contribution < 1.29 is 9.59 Å². The molecule has 0 spiro atoms. The molecule has 2 saturated heterocycles. The standard InChI is InChI=1S/C20H29N3O2/c1-17-15-21(16-18-7-3-2-4-8-18)11-6-13-23(17)20(25)10-14-22-12-5-9-19(22)24/h2-4,7-8,17H,5-6,9-16H2,1H3. The van der Waals surface area contributed by atoms with Crippen LogP contribution in [-0.4, -0.2) is 65.3 Å². The zero-order valence-corrected chi connectivity index (χ0v) is 15.2. The summed E-state index contributed by atoms with van der Waals surface area (Å²) in [7, 11) is 0. The molecule has 2 fully saturated rings. The highest BCUT2D eigenvalue weighted by atomic mass is 16.2. The highest BCUT2D eigenvalue weighted by Crippen LogP contribution is 2.16. The van der Waals surface area contributed by atoms with E-state index in [1.165, 1.54) is 5.56 Å². The second-order valence-corrected chi connectivity index (χ2v) is 7.24. The van der Waals surface area contributed by atoms with Gasteiger partial charge in [0, 0.05) is 58.2 Å². The largest absolute Gasteiger partial charge is 0.342 e. The van der Waals surface area contributed by atoms with E-state index in [9.17, 15) is 9.59 Å². The number of rotatable bonds is 5. The van der Waals surface area contributed by atoms with Crippen LogP contribution in [0.2, 0.25) is 0 Å². The molecule has 3 rings (SSSR count). The van der Waals surface area contributed by atoms with Gasteiger partial charge >= 0.3 is 0 Å². The van der Waals surface area contributed by atoms with Gasteiger partial charge in [0.25, 0.3) is 0 Å². The fourth-order valence-electron chi connectivity index (χ4n) is 3.92. The lowest BCUT2D eigenvalue weighted by Gasteiger charge is -2.30. The first-order valence-electron chi connectivity index (χ1n) is 9.47. The Morgan fingerprint density at radius 2 is 1.92 bits per heavy atom. The Balaban J connectivity index is 1.51. The van der Waals surface area contributed by atoms with Gasteiger partial charge in [-0.05, 0) is 25.3 Å². The van der Waals surface area contributed by atoms with Crippen molar-refractivity contribution in [2.24, 2.45) is 0 Å². The molecule has 0 radical (unpaired) electrons. The van der Waals surface area contributed by atoms with Gasteiger partial charge in [0.05, 0.1) is 0 Å². The second kappa shape index (κ2) is 8.48. The third-order valence-electron chi connectivity index (χ3n) is 5.26. The topological polar surface area (TPSA) is 43.9 Å². The predicted octanol–water partition coefficient (Wildman–Crippen LogP) is 2.12. The lowest BCUT2D eigenvalue weighted by atomic mass is 10.2. The molecule has 2 amide bonds. The lowest BCUT2D eigenvalue weighted by Crippen LogP contribution is -2.43. The maximum Gasteiger partial charge on any atom is 0.224 e. The first kappa shape index (κ1) is 17.9. The average Bonchev–Trinajstić information content (AvgIpc) is 2.92. The molecule has 0 aliphatic carbocycles. The smallest absolute Gasteiger partial charge is 0.224 e. The van der Waals surface area contributed by atoms with Crippen LogP contribution >= 0.6 is 0 Å². The Bertz CT molecular complexity index is 590. The van der Waals surface area contributed by atoms with Crippen molar-refractivity contribution in [2.75, 3.05) is 32.7 Å². The fraction of sp³-hybridized carbons (Fsp3) is 0.600. The van der Waals surface area contributed by atoms with Crippen molar-refractivity contribution in [1.82, 2.24) is 14.7 Å². The Kier molecular flexibility index (Phi) is 6.08. The van der Waals surface area contributed by atoms with Crippen molar-refractivity contribution >= 4 is 11.8 Å². The van der Waals surface area contributed by atoms with E-state index in [0.29, 0.717) is 19.4 Å². The fourth-order valence-corrected chi connectivity index (χ4v) is 3.92. The van der Waals surface area contributed by atoms with E-state index in [2.05, 4.69) is 36.1 Å². The molecule has 136 valence electrons. The third kappa shape index (κ3) is 4.82. The number of carbonyl (C=O) groups is 2. The minimum absolute atomic E-state index is 0.189. The zero-order chi connectivity index (χ0) is 17.6. The van der Waals surface area contributed by atoms with Gasteiger partial charge in [-0.2, -0.15) is 0 Å². The van der Waals surface area contributed by atoms with Crippen LogP contribution in [0.1, 0.15) is 38.2 Å². The molecular weight excluding hydrogens is 314 g/mol. The lowest BCUT2D eigenvalue weighted by molar-refractivity contribution is -0.134. The van der Waals surface area contributed by atoms with E-state index in [1.54, 1.807) is 0 Å². The number of likely N-dealkylation sites (tertiary alicyclic amines) is 1. The summed E-state index contributed by atoms with van der Waals surface area (Å²) in [6.45, 7) is 7.22. The van der Waals surface area contributed by atoms with Crippen molar-refractivity contribution in [2.45, 2.75) is 45.2 Å². The Hall–Kier alpha value is -1.88. The van der Waals surface area contributed by atoms with Crippen molar-refractivity contribution in [1.29, 1.82) is 0 Å². The number of hydrogen-bond donors (Lipinski definition) is 0. The van der Waals surface area contributed by atoms with E-state index in [1.807, 2.05) is 15.9 Å². The van der Waals surface area contributed by atoms with E-state index in [4.69, 9.17) is 0 Å². The first-order valence-corrected chi connectivity index (χ1v) is 9.47. The first-order chi connectivity index (χ1) is 12.1. The van der Waals surface area contributed by atoms with Crippen LogP contribution in [0.15, 0.2) is 30.3 Å². The second-order valence-electron chi connectivity index (χ2n) is 7.24. The molecule has 0 aromatic heterocycles. The quantitative estimate of drug-likeness (QED) is 0.823. The van der Waals surface area contributed by atoms with Gasteiger partial charge < -0.3 is 9.80 Å². The Morgan fingerprint density at radius 1 is 1.12 bits per heavy atom. The number of carbonyl (C=O) groups excluding carboxylic acids is 2. The normalized spacial score (nSPS) is 22.3. The molecule has 1 aromatic carbocycles. The molecule has 5 nitrogen and oxygen atoms in total. The van der Waals surface area contributed by atoms with Gasteiger partial charge in [-0.15, -0.1) is 0 Å². The summed E-state index contributed by atoms with van der Waals surface area (Å²) in [6.07, 6.45) is 3.03. The summed E-state index contributed by atoms with van der Waals surface area (Å²) in [5.74, 6) is 0.388. The van der Waals surface area contributed by atoms with E-state index >= 15 is 0 Å². The molecule has 2 aliphatic heterocycles. The van der Waals surface area contributed by atoms with E-state index in [-0.39, 0.29) is 17.9 Å². The summed E-state index contributed by atoms with van der Waals surface area (Å²) in [5, 5.41) is 0. The molecule has 2 heterocycles. The van der Waals surface area contributed by atoms with Crippen LogP contribution in [0.25, 0.3) is 0 Å². The van der Waals surface area contributed by atoms with Gasteiger partial charge in [-0.1, -0.05) is 30.3 Å². The summed E-state index contributed by atoms with van der Waals surface area (Å²) in [5.41, 5.74) is 1.32. The average molecular weight is 343 g/mol. The Labute approximate surface area is 150 Å². The van der Waals surface area contributed by atoms with Gasteiger partial charge in [0.1, 0.15) is 0 Å². The van der Waals surface area contributed by atoms with Crippen LogP contribution in [0.4, 0.5) is 0 Å². The maximum absolute atomic E-state index is 12.7. The van der Waals surface area contributed by atoms with Gasteiger partial charge in [0.15, 0.2) is 0 Å². The van der Waals surface area contributed by atoms with Crippen LogP contribution in [0.3, 0.4) is 0 Å². The molecule has 25 heavy (non-hydrogen) atoms. The zero-order valence-electron chi connectivity index (χ0n) is 15.2. The summed E-state index contributed by atoms with van der Waals surface area (Å²) < 4.78 is 0.